The van der Waals surface area contributed by atoms with Gasteiger partial charge in [-0.1, -0.05) is 33.0 Å². The second-order valence-corrected chi connectivity index (χ2v) is 5.63. The van der Waals surface area contributed by atoms with Crippen molar-refractivity contribution >= 4 is 22.6 Å². The number of hydrogen-bond acceptors (Lipinski definition) is 4. The molecule has 0 radical (unpaired) electrons. The van der Waals surface area contributed by atoms with E-state index in [1.165, 1.54) is 17.8 Å². The first-order valence-corrected chi connectivity index (χ1v) is 7.18. The summed E-state index contributed by atoms with van der Waals surface area (Å²) in [6.07, 6.45) is 0.940. The Morgan fingerprint density at radius 3 is 2.55 bits per heavy atom. The van der Waals surface area contributed by atoms with Crippen LogP contribution < -0.4 is 11.5 Å². The Labute approximate surface area is 122 Å². The first-order valence-electron chi connectivity index (χ1n) is 6.30. The summed E-state index contributed by atoms with van der Waals surface area (Å²) in [5.41, 5.74) is 11.6. The standard InChI is InChI=1S/C11H11F2N3S.C2H6.CH4/c12-7-2-4(14)1-6(9(7)13)10-5-3-8(5)17-11(15)16-10;1-2;/h1-2,5,8,10H,3,14H2,(H2,15,16);1-2H3;1H4. The van der Waals surface area contributed by atoms with Crippen LogP contribution in [0.5, 0.6) is 0 Å². The van der Waals surface area contributed by atoms with Crippen molar-refractivity contribution in [1.29, 1.82) is 0 Å². The summed E-state index contributed by atoms with van der Waals surface area (Å²) in [5, 5.41) is 0.831. The van der Waals surface area contributed by atoms with Gasteiger partial charge in [0, 0.05) is 16.5 Å². The lowest BCUT2D eigenvalue weighted by atomic mass is 10.0. The molecule has 3 unspecified atom stereocenters. The van der Waals surface area contributed by atoms with Crippen LogP contribution in [0.4, 0.5) is 14.5 Å². The predicted molar refractivity (Wildman–Crippen MR) is 82.7 cm³/mol. The molecule has 3 rings (SSSR count). The summed E-state index contributed by atoms with van der Waals surface area (Å²) in [5.74, 6) is -1.54. The molecule has 1 aromatic rings. The van der Waals surface area contributed by atoms with Crippen LogP contribution in [0.15, 0.2) is 17.1 Å². The largest absolute Gasteiger partial charge is 0.399 e. The molecule has 1 aliphatic heterocycles. The highest BCUT2D eigenvalue weighted by molar-refractivity contribution is 8.14. The van der Waals surface area contributed by atoms with Crippen LogP contribution in [0.2, 0.25) is 0 Å². The molecular weight excluding hydrogens is 280 g/mol. The molecule has 0 bridgehead atoms. The lowest BCUT2D eigenvalue weighted by Crippen LogP contribution is -2.18. The number of rotatable bonds is 1. The molecule has 4 N–H and O–H groups in total. The molecule has 3 nitrogen and oxygen atoms in total. The van der Waals surface area contributed by atoms with Gasteiger partial charge in [0.2, 0.25) is 0 Å². The number of amidine groups is 1. The van der Waals surface area contributed by atoms with E-state index >= 15 is 0 Å². The van der Waals surface area contributed by atoms with Crippen molar-refractivity contribution in [3.8, 4) is 0 Å². The van der Waals surface area contributed by atoms with Gasteiger partial charge in [-0.05, 0) is 24.5 Å². The van der Waals surface area contributed by atoms with Gasteiger partial charge in [0.25, 0.3) is 0 Å². The van der Waals surface area contributed by atoms with Gasteiger partial charge in [-0.3, -0.25) is 4.99 Å². The van der Waals surface area contributed by atoms with E-state index < -0.39 is 11.6 Å². The van der Waals surface area contributed by atoms with Crippen molar-refractivity contribution in [3.05, 3.63) is 29.3 Å². The van der Waals surface area contributed by atoms with Crippen LogP contribution in [-0.4, -0.2) is 10.4 Å². The van der Waals surface area contributed by atoms with Crippen LogP contribution >= 0.6 is 11.8 Å². The number of nitrogen functional groups attached to an aromatic ring is 1. The highest BCUT2D eigenvalue weighted by atomic mass is 32.2. The predicted octanol–water partition coefficient (Wildman–Crippen LogP) is 3.70. The van der Waals surface area contributed by atoms with Crippen LogP contribution in [0.1, 0.15) is 39.3 Å². The first kappa shape index (κ1) is 16.8. The highest BCUT2D eigenvalue weighted by Gasteiger charge is 2.48. The van der Waals surface area contributed by atoms with Crippen molar-refractivity contribution in [3.63, 3.8) is 0 Å². The van der Waals surface area contributed by atoms with Gasteiger partial charge < -0.3 is 11.5 Å². The molecule has 0 spiro atoms. The fourth-order valence-electron chi connectivity index (χ4n) is 2.22. The number of benzene rings is 1. The van der Waals surface area contributed by atoms with Crippen LogP contribution in [0, 0.1) is 17.6 Å². The Balaban J connectivity index is 0.000000639. The zero-order valence-corrected chi connectivity index (χ0v) is 11.7. The SMILES string of the molecule is C.CC.NC1=NC(c2cc(N)cc(F)c2F)C2CC2S1. The van der Waals surface area contributed by atoms with E-state index in [9.17, 15) is 8.78 Å². The van der Waals surface area contributed by atoms with Crippen molar-refractivity contribution in [2.24, 2.45) is 16.6 Å². The maximum absolute atomic E-state index is 13.7. The van der Waals surface area contributed by atoms with Gasteiger partial charge in [-0.2, -0.15) is 0 Å². The third-order valence-electron chi connectivity index (χ3n) is 3.12. The summed E-state index contributed by atoms with van der Waals surface area (Å²) in [6.45, 7) is 4.00. The Hall–Kier alpha value is -1.30. The third-order valence-corrected chi connectivity index (χ3v) is 4.31. The van der Waals surface area contributed by atoms with E-state index in [1.54, 1.807) is 0 Å². The quantitative estimate of drug-likeness (QED) is 0.777. The summed E-state index contributed by atoms with van der Waals surface area (Å²) in [6, 6.07) is 2.04. The second kappa shape index (κ2) is 6.43. The van der Waals surface area contributed by atoms with E-state index in [1.807, 2.05) is 13.8 Å². The minimum atomic E-state index is -0.927. The molecule has 0 aromatic heterocycles. The molecule has 20 heavy (non-hydrogen) atoms. The smallest absolute Gasteiger partial charge is 0.164 e. The molecule has 1 aliphatic carbocycles. The van der Waals surface area contributed by atoms with Crippen LogP contribution in [0.25, 0.3) is 0 Å². The topological polar surface area (TPSA) is 64.4 Å². The molecule has 1 fully saturated rings. The van der Waals surface area contributed by atoms with E-state index in [-0.39, 0.29) is 30.6 Å². The van der Waals surface area contributed by atoms with Gasteiger partial charge >= 0.3 is 0 Å². The van der Waals surface area contributed by atoms with Crippen molar-refractivity contribution in [1.82, 2.24) is 0 Å². The van der Waals surface area contributed by atoms with E-state index in [0.29, 0.717) is 10.4 Å². The number of nitrogens with zero attached hydrogens (tertiary/aromatic N) is 1. The number of anilines is 1. The lowest BCUT2D eigenvalue weighted by molar-refractivity contribution is 0.481. The summed E-state index contributed by atoms with van der Waals surface area (Å²) in [7, 11) is 0. The molecule has 3 atom stereocenters. The van der Waals surface area contributed by atoms with Crippen molar-refractivity contribution in [2.45, 2.75) is 39.0 Å². The van der Waals surface area contributed by atoms with Crippen molar-refractivity contribution < 1.29 is 8.78 Å². The molecule has 112 valence electrons. The average Bonchev–Trinajstić information content (AvgIpc) is 3.14. The molecule has 1 heterocycles. The Morgan fingerprint density at radius 2 is 1.90 bits per heavy atom. The number of aliphatic imine (C=N–C) groups is 1. The highest BCUT2D eigenvalue weighted by Crippen LogP contribution is 2.54. The molecule has 2 aliphatic rings. The third kappa shape index (κ3) is 3.06. The number of thioether (sulfide) groups is 1. The fraction of sp³-hybridized carbons (Fsp3) is 0.500. The Morgan fingerprint density at radius 1 is 1.25 bits per heavy atom. The second-order valence-electron chi connectivity index (χ2n) is 4.37. The van der Waals surface area contributed by atoms with E-state index in [4.69, 9.17) is 11.5 Å². The lowest BCUT2D eigenvalue weighted by Gasteiger charge is -2.19. The number of hydrogen-bond donors (Lipinski definition) is 2. The Bertz CT molecular complexity index is 519. The zero-order valence-electron chi connectivity index (χ0n) is 10.9. The summed E-state index contributed by atoms with van der Waals surface area (Å²) >= 11 is 1.51. The molecule has 0 saturated heterocycles. The van der Waals surface area contributed by atoms with Gasteiger partial charge in [-0.25, -0.2) is 8.78 Å². The van der Waals surface area contributed by atoms with Gasteiger partial charge in [0.15, 0.2) is 16.8 Å². The first-order chi connectivity index (χ1) is 9.06. The zero-order chi connectivity index (χ0) is 14.2. The molecule has 0 amide bonds. The van der Waals surface area contributed by atoms with Gasteiger partial charge in [0.1, 0.15) is 0 Å². The average molecular weight is 301 g/mol. The summed E-state index contributed by atoms with van der Waals surface area (Å²) in [4.78, 5) is 4.21. The molecular formula is C14H21F2N3S. The number of fused-ring (bicyclic) bond motifs is 1. The maximum atomic E-state index is 13.7. The van der Waals surface area contributed by atoms with Crippen molar-refractivity contribution in [2.75, 3.05) is 5.73 Å². The van der Waals surface area contributed by atoms with E-state index in [2.05, 4.69) is 4.99 Å². The van der Waals surface area contributed by atoms with Gasteiger partial charge in [0.05, 0.1) is 6.04 Å². The van der Waals surface area contributed by atoms with Crippen LogP contribution in [0.3, 0.4) is 0 Å². The Kier molecular flexibility index (Phi) is 5.39. The monoisotopic (exact) mass is 301 g/mol. The van der Waals surface area contributed by atoms with Crippen LogP contribution in [-0.2, 0) is 0 Å². The molecule has 1 saturated carbocycles. The van der Waals surface area contributed by atoms with Gasteiger partial charge in [-0.15, -0.1) is 0 Å². The normalized spacial score (nSPS) is 26.4. The minimum absolute atomic E-state index is 0. The minimum Gasteiger partial charge on any atom is -0.399 e. The molecule has 6 heteroatoms. The fourth-order valence-corrected chi connectivity index (χ4v) is 3.35. The summed E-state index contributed by atoms with van der Waals surface area (Å²) < 4.78 is 27.0. The maximum Gasteiger partial charge on any atom is 0.164 e. The number of halogens is 2. The molecule has 1 aromatic carbocycles. The van der Waals surface area contributed by atoms with E-state index in [0.717, 1.165) is 12.5 Å². The number of nitrogens with two attached hydrogens (primary N) is 2.